The van der Waals surface area contributed by atoms with Gasteiger partial charge in [0.2, 0.25) is 0 Å². The first kappa shape index (κ1) is 14.3. The zero-order chi connectivity index (χ0) is 14.0. The molecule has 4 heteroatoms. The van der Waals surface area contributed by atoms with Gasteiger partial charge in [0.05, 0.1) is 6.61 Å². The van der Waals surface area contributed by atoms with Gasteiger partial charge in [-0.05, 0) is 31.0 Å². The fourth-order valence-electron chi connectivity index (χ4n) is 2.66. The molecule has 19 heavy (non-hydrogen) atoms. The molecule has 0 unspecified atom stereocenters. The molecule has 1 aliphatic rings. The lowest BCUT2D eigenvalue weighted by molar-refractivity contribution is 0.274. The Labute approximate surface area is 114 Å². The molecule has 0 fully saturated rings. The van der Waals surface area contributed by atoms with Gasteiger partial charge >= 0.3 is 0 Å². The highest BCUT2D eigenvalue weighted by Crippen LogP contribution is 2.18. The summed E-state index contributed by atoms with van der Waals surface area (Å²) in [5, 5.41) is 9.36. The number of pyridine rings is 1. The van der Waals surface area contributed by atoms with Crippen LogP contribution < -0.4 is 5.56 Å². The standard InChI is InChI=1S/C15H24N2O2/c1-11(2)4-7-17-14-5-6-16(3)9-12(14)8-13(10-18)15(17)19/h8,11,18H,4-7,9-10H2,1-3H3. The van der Waals surface area contributed by atoms with Crippen LogP contribution in [0.25, 0.3) is 0 Å². The van der Waals surface area contributed by atoms with Crippen LogP contribution in [0.2, 0.25) is 0 Å². The van der Waals surface area contributed by atoms with E-state index in [-0.39, 0.29) is 12.2 Å². The second-order valence-electron chi connectivity index (χ2n) is 5.93. The largest absolute Gasteiger partial charge is 0.391 e. The van der Waals surface area contributed by atoms with Crippen molar-refractivity contribution >= 4 is 0 Å². The molecular formula is C15H24N2O2. The van der Waals surface area contributed by atoms with E-state index in [9.17, 15) is 9.90 Å². The Morgan fingerprint density at radius 3 is 2.79 bits per heavy atom. The predicted octanol–water partition coefficient (Wildman–Crippen LogP) is 1.37. The number of fused-ring (bicyclic) bond motifs is 1. The number of rotatable bonds is 4. The third kappa shape index (κ3) is 3.07. The van der Waals surface area contributed by atoms with E-state index in [1.165, 1.54) is 11.3 Å². The van der Waals surface area contributed by atoms with Gasteiger partial charge in [-0.15, -0.1) is 0 Å². The molecule has 0 spiro atoms. The quantitative estimate of drug-likeness (QED) is 0.893. The Balaban J connectivity index is 2.43. The topological polar surface area (TPSA) is 45.5 Å². The third-order valence-electron chi connectivity index (χ3n) is 3.84. The third-order valence-corrected chi connectivity index (χ3v) is 3.84. The van der Waals surface area contributed by atoms with E-state index in [2.05, 4.69) is 25.8 Å². The normalized spacial score (nSPS) is 15.8. The molecule has 2 rings (SSSR count). The van der Waals surface area contributed by atoms with Gasteiger partial charge in [0.15, 0.2) is 0 Å². The van der Waals surface area contributed by atoms with Crippen LogP contribution in [0.1, 0.15) is 37.1 Å². The highest BCUT2D eigenvalue weighted by atomic mass is 16.3. The summed E-state index contributed by atoms with van der Waals surface area (Å²) in [6.45, 7) is 6.78. The summed E-state index contributed by atoms with van der Waals surface area (Å²) < 4.78 is 1.90. The summed E-state index contributed by atoms with van der Waals surface area (Å²) >= 11 is 0. The molecule has 0 saturated heterocycles. The first-order valence-corrected chi connectivity index (χ1v) is 7.06. The molecular weight excluding hydrogens is 240 g/mol. The summed E-state index contributed by atoms with van der Waals surface area (Å²) in [6, 6.07) is 1.89. The summed E-state index contributed by atoms with van der Waals surface area (Å²) in [7, 11) is 2.09. The van der Waals surface area contributed by atoms with Crippen LogP contribution in [-0.4, -0.2) is 28.2 Å². The molecule has 1 aliphatic heterocycles. The number of hydrogen-bond acceptors (Lipinski definition) is 3. The minimum Gasteiger partial charge on any atom is -0.391 e. The van der Waals surface area contributed by atoms with Crippen molar-refractivity contribution in [1.29, 1.82) is 0 Å². The van der Waals surface area contributed by atoms with Crippen molar-refractivity contribution in [2.24, 2.45) is 5.92 Å². The second kappa shape index (κ2) is 5.88. The Morgan fingerprint density at radius 2 is 2.16 bits per heavy atom. The van der Waals surface area contributed by atoms with Crippen LogP contribution >= 0.6 is 0 Å². The molecule has 0 saturated carbocycles. The maximum absolute atomic E-state index is 12.4. The lowest BCUT2D eigenvalue weighted by atomic mass is 10.0. The van der Waals surface area contributed by atoms with Crippen molar-refractivity contribution in [3.05, 3.63) is 33.2 Å². The Hall–Kier alpha value is -1.13. The number of nitrogens with zero attached hydrogens (tertiary/aromatic N) is 2. The fourth-order valence-corrected chi connectivity index (χ4v) is 2.66. The van der Waals surface area contributed by atoms with Crippen molar-refractivity contribution in [2.75, 3.05) is 13.6 Å². The summed E-state index contributed by atoms with van der Waals surface area (Å²) in [6.07, 6.45) is 1.92. The van der Waals surface area contributed by atoms with E-state index in [1.807, 2.05) is 10.6 Å². The SMILES string of the molecule is CC(C)CCn1c2c(cc(CO)c1=O)CN(C)CC2. The van der Waals surface area contributed by atoms with Crippen LogP contribution in [-0.2, 0) is 26.1 Å². The maximum atomic E-state index is 12.4. The fraction of sp³-hybridized carbons (Fsp3) is 0.667. The van der Waals surface area contributed by atoms with E-state index in [4.69, 9.17) is 0 Å². The maximum Gasteiger partial charge on any atom is 0.256 e. The summed E-state index contributed by atoms with van der Waals surface area (Å²) in [5.74, 6) is 0.576. The van der Waals surface area contributed by atoms with Gasteiger partial charge in [-0.25, -0.2) is 0 Å². The first-order chi connectivity index (χ1) is 9.02. The minimum absolute atomic E-state index is 0.00791. The van der Waals surface area contributed by atoms with E-state index in [1.54, 1.807) is 0 Å². The molecule has 0 aliphatic carbocycles. The number of aliphatic hydroxyl groups is 1. The average molecular weight is 264 g/mol. The number of aliphatic hydroxyl groups excluding tert-OH is 1. The van der Waals surface area contributed by atoms with Crippen LogP contribution in [0.5, 0.6) is 0 Å². The van der Waals surface area contributed by atoms with Crippen LogP contribution in [0, 0.1) is 5.92 Å². The molecule has 2 heterocycles. The van der Waals surface area contributed by atoms with Crippen molar-refractivity contribution in [3.8, 4) is 0 Å². The second-order valence-corrected chi connectivity index (χ2v) is 5.93. The average Bonchev–Trinajstić information content (AvgIpc) is 2.37. The molecule has 0 bridgehead atoms. The highest BCUT2D eigenvalue weighted by Gasteiger charge is 2.19. The monoisotopic (exact) mass is 264 g/mol. The molecule has 4 nitrogen and oxygen atoms in total. The van der Waals surface area contributed by atoms with Gasteiger partial charge in [-0.3, -0.25) is 4.79 Å². The number of hydrogen-bond donors (Lipinski definition) is 1. The summed E-state index contributed by atoms with van der Waals surface area (Å²) in [5.41, 5.74) is 2.88. The van der Waals surface area contributed by atoms with Gasteiger partial charge in [0.25, 0.3) is 5.56 Å². The van der Waals surface area contributed by atoms with Crippen molar-refractivity contribution in [2.45, 2.75) is 46.4 Å². The zero-order valence-corrected chi connectivity index (χ0v) is 12.1. The zero-order valence-electron chi connectivity index (χ0n) is 12.1. The molecule has 0 radical (unpaired) electrons. The van der Waals surface area contributed by atoms with Gasteiger partial charge in [-0.1, -0.05) is 13.8 Å². The van der Waals surface area contributed by atoms with Crippen molar-refractivity contribution < 1.29 is 5.11 Å². The Kier molecular flexibility index (Phi) is 4.42. The molecule has 0 atom stereocenters. The lowest BCUT2D eigenvalue weighted by Gasteiger charge is -2.28. The van der Waals surface area contributed by atoms with Gasteiger partial charge in [-0.2, -0.15) is 0 Å². The Bertz CT molecular complexity index is 506. The highest BCUT2D eigenvalue weighted by molar-refractivity contribution is 5.28. The van der Waals surface area contributed by atoms with Gasteiger partial charge in [0, 0.05) is 37.3 Å². The molecule has 106 valence electrons. The lowest BCUT2D eigenvalue weighted by Crippen LogP contribution is -2.35. The molecule has 0 amide bonds. The number of likely N-dealkylation sites (N-methyl/N-ethyl adjacent to an activating group) is 1. The minimum atomic E-state index is -0.169. The van der Waals surface area contributed by atoms with Crippen LogP contribution in [0.4, 0.5) is 0 Å². The van der Waals surface area contributed by atoms with E-state index < -0.39 is 0 Å². The Morgan fingerprint density at radius 1 is 1.42 bits per heavy atom. The van der Waals surface area contributed by atoms with E-state index in [0.29, 0.717) is 11.5 Å². The predicted molar refractivity (Wildman–Crippen MR) is 76.1 cm³/mol. The van der Waals surface area contributed by atoms with Crippen LogP contribution in [0.15, 0.2) is 10.9 Å². The van der Waals surface area contributed by atoms with E-state index in [0.717, 1.165) is 32.5 Å². The van der Waals surface area contributed by atoms with Gasteiger partial charge < -0.3 is 14.6 Å². The molecule has 1 N–H and O–H groups in total. The van der Waals surface area contributed by atoms with E-state index >= 15 is 0 Å². The first-order valence-electron chi connectivity index (χ1n) is 7.06. The molecule has 0 aromatic carbocycles. The van der Waals surface area contributed by atoms with Crippen molar-refractivity contribution in [3.63, 3.8) is 0 Å². The summed E-state index contributed by atoms with van der Waals surface area (Å²) in [4.78, 5) is 14.6. The van der Waals surface area contributed by atoms with Crippen molar-refractivity contribution in [1.82, 2.24) is 9.47 Å². The van der Waals surface area contributed by atoms with Crippen LogP contribution in [0.3, 0.4) is 0 Å². The number of aromatic nitrogens is 1. The molecule has 1 aromatic rings. The smallest absolute Gasteiger partial charge is 0.256 e. The van der Waals surface area contributed by atoms with Gasteiger partial charge in [0.1, 0.15) is 0 Å². The molecule has 1 aromatic heterocycles.